The van der Waals surface area contributed by atoms with Crippen molar-refractivity contribution in [2.75, 3.05) is 24.7 Å². The van der Waals surface area contributed by atoms with E-state index in [9.17, 15) is 13.2 Å². The van der Waals surface area contributed by atoms with E-state index in [0.29, 0.717) is 37.7 Å². The summed E-state index contributed by atoms with van der Waals surface area (Å²) in [6.45, 7) is 1.38. The number of hydrogen-bond donors (Lipinski definition) is 0. The molecule has 2 fully saturated rings. The van der Waals surface area contributed by atoms with Gasteiger partial charge in [-0.1, -0.05) is 6.42 Å². The quantitative estimate of drug-likeness (QED) is 0.747. The van der Waals surface area contributed by atoms with Gasteiger partial charge in [-0.25, -0.2) is 8.42 Å². The molecule has 2 heterocycles. The van der Waals surface area contributed by atoms with Gasteiger partial charge in [0.2, 0.25) is 5.91 Å². The third-order valence-corrected chi connectivity index (χ3v) is 6.58. The highest BCUT2D eigenvalue weighted by atomic mass is 35.5. The van der Waals surface area contributed by atoms with Crippen LogP contribution < -0.4 is 0 Å². The number of halogens is 1. The number of carbonyl (C=O) groups is 1. The van der Waals surface area contributed by atoms with E-state index in [1.165, 1.54) is 0 Å². The fraction of sp³-hybridized carbons (Fsp3) is 0.923. The zero-order chi connectivity index (χ0) is 13.9. The van der Waals surface area contributed by atoms with Crippen LogP contribution in [-0.2, 0) is 14.6 Å². The highest BCUT2D eigenvalue weighted by Gasteiger charge is 2.38. The van der Waals surface area contributed by atoms with E-state index < -0.39 is 15.1 Å². The normalized spacial score (nSPS) is 31.1. The number of sulfone groups is 1. The molecule has 2 atom stereocenters. The van der Waals surface area contributed by atoms with E-state index in [2.05, 4.69) is 0 Å². The van der Waals surface area contributed by atoms with E-state index in [4.69, 9.17) is 11.6 Å². The van der Waals surface area contributed by atoms with E-state index in [1.807, 2.05) is 0 Å². The zero-order valence-electron chi connectivity index (χ0n) is 11.2. The summed E-state index contributed by atoms with van der Waals surface area (Å²) in [6.07, 6.45) is 4.99. The Morgan fingerprint density at radius 1 is 1.21 bits per heavy atom. The minimum atomic E-state index is -3.22. The number of piperidine rings is 1. The number of hydrogen-bond acceptors (Lipinski definition) is 3. The Hall–Kier alpha value is -0.290. The van der Waals surface area contributed by atoms with Crippen LogP contribution in [0.1, 0.15) is 38.5 Å². The maximum absolute atomic E-state index is 12.4. The predicted molar refractivity (Wildman–Crippen MR) is 76.1 cm³/mol. The first-order valence-electron chi connectivity index (χ1n) is 7.11. The Balaban J connectivity index is 2.02. The number of nitrogens with zero attached hydrogens (tertiary/aromatic N) is 1. The second kappa shape index (κ2) is 6.44. The lowest BCUT2D eigenvalue weighted by atomic mass is 9.95. The molecule has 4 nitrogen and oxygen atoms in total. The maximum Gasteiger partial charge on any atom is 0.240 e. The molecule has 19 heavy (non-hydrogen) atoms. The SMILES string of the molecule is O=C(C1CCCCS1(=O)=O)N1CCCC(CCCl)C1. The molecule has 2 rings (SSSR count). The monoisotopic (exact) mass is 307 g/mol. The van der Waals surface area contributed by atoms with E-state index in [1.54, 1.807) is 4.90 Å². The summed E-state index contributed by atoms with van der Waals surface area (Å²) in [4.78, 5) is 14.2. The maximum atomic E-state index is 12.4. The van der Waals surface area contributed by atoms with Crippen LogP contribution in [0.15, 0.2) is 0 Å². The number of rotatable bonds is 3. The first kappa shape index (κ1) is 15.1. The first-order valence-corrected chi connectivity index (χ1v) is 9.36. The zero-order valence-corrected chi connectivity index (χ0v) is 12.8. The lowest BCUT2D eigenvalue weighted by molar-refractivity contribution is -0.132. The third kappa shape index (κ3) is 3.63. The summed E-state index contributed by atoms with van der Waals surface area (Å²) in [5, 5.41) is -0.781. The fourth-order valence-electron chi connectivity index (χ4n) is 3.09. The Labute approximate surface area is 120 Å². The highest BCUT2D eigenvalue weighted by Crippen LogP contribution is 2.25. The molecule has 0 saturated carbocycles. The highest BCUT2D eigenvalue weighted by molar-refractivity contribution is 7.92. The lowest BCUT2D eigenvalue weighted by Gasteiger charge is -2.35. The fourth-order valence-corrected chi connectivity index (χ4v) is 5.27. The summed E-state index contributed by atoms with van der Waals surface area (Å²) < 4.78 is 24.0. The number of alkyl halides is 1. The molecule has 0 spiro atoms. The van der Waals surface area contributed by atoms with Crippen LogP contribution in [0.25, 0.3) is 0 Å². The van der Waals surface area contributed by atoms with Gasteiger partial charge >= 0.3 is 0 Å². The Bertz CT molecular complexity index is 422. The van der Waals surface area contributed by atoms with Gasteiger partial charge in [0.15, 0.2) is 9.84 Å². The standard InChI is InChI=1S/C13H22ClNO3S/c14-7-6-11-4-3-8-15(10-11)13(16)12-5-1-2-9-19(12,17)18/h11-12H,1-10H2. The summed E-state index contributed by atoms with van der Waals surface area (Å²) in [5.74, 6) is 1.04. The molecular weight excluding hydrogens is 286 g/mol. The van der Waals surface area contributed by atoms with Crippen molar-refractivity contribution in [3.63, 3.8) is 0 Å². The lowest BCUT2D eigenvalue weighted by Crippen LogP contribution is -2.49. The molecule has 2 saturated heterocycles. The largest absolute Gasteiger partial charge is 0.341 e. The van der Waals surface area contributed by atoms with Crippen molar-refractivity contribution in [3.8, 4) is 0 Å². The Morgan fingerprint density at radius 3 is 2.68 bits per heavy atom. The Morgan fingerprint density at radius 2 is 2.00 bits per heavy atom. The van der Waals surface area contributed by atoms with Crippen molar-refractivity contribution in [1.29, 1.82) is 0 Å². The van der Waals surface area contributed by atoms with Gasteiger partial charge in [-0.15, -0.1) is 11.6 Å². The average molecular weight is 308 g/mol. The second-order valence-corrected chi connectivity index (χ2v) is 8.30. The van der Waals surface area contributed by atoms with Crippen molar-refractivity contribution in [2.45, 2.75) is 43.8 Å². The third-order valence-electron chi connectivity index (χ3n) is 4.20. The van der Waals surface area contributed by atoms with Gasteiger partial charge in [0.05, 0.1) is 5.75 Å². The van der Waals surface area contributed by atoms with Crippen molar-refractivity contribution in [3.05, 3.63) is 0 Å². The van der Waals surface area contributed by atoms with Crippen molar-refractivity contribution >= 4 is 27.3 Å². The van der Waals surface area contributed by atoms with Crippen LogP contribution in [0, 0.1) is 5.92 Å². The number of carbonyl (C=O) groups excluding carboxylic acids is 1. The van der Waals surface area contributed by atoms with Gasteiger partial charge in [-0.2, -0.15) is 0 Å². The minimum Gasteiger partial charge on any atom is -0.341 e. The van der Waals surface area contributed by atoms with Gasteiger partial charge in [0.25, 0.3) is 0 Å². The van der Waals surface area contributed by atoms with Gasteiger partial charge in [0, 0.05) is 19.0 Å². The van der Waals surface area contributed by atoms with Crippen LogP contribution in [-0.4, -0.2) is 49.2 Å². The number of amides is 1. The first-order chi connectivity index (χ1) is 9.04. The molecule has 0 radical (unpaired) electrons. The molecule has 0 aliphatic carbocycles. The topological polar surface area (TPSA) is 54.5 Å². The van der Waals surface area contributed by atoms with Crippen LogP contribution in [0.5, 0.6) is 0 Å². The van der Waals surface area contributed by atoms with Crippen molar-refractivity contribution in [1.82, 2.24) is 4.90 Å². The van der Waals surface area contributed by atoms with E-state index in [0.717, 1.165) is 25.7 Å². The summed E-state index contributed by atoms with van der Waals surface area (Å²) >= 11 is 5.76. The van der Waals surface area contributed by atoms with Crippen LogP contribution >= 0.6 is 11.6 Å². The molecule has 0 aromatic heterocycles. The molecule has 110 valence electrons. The van der Waals surface area contributed by atoms with Gasteiger partial charge in [0.1, 0.15) is 5.25 Å². The van der Waals surface area contributed by atoms with Crippen LogP contribution in [0.4, 0.5) is 0 Å². The molecule has 1 amide bonds. The van der Waals surface area contributed by atoms with Gasteiger partial charge in [-0.3, -0.25) is 4.79 Å². The molecule has 2 aliphatic rings. The summed E-state index contributed by atoms with van der Waals surface area (Å²) in [6, 6.07) is 0. The molecule has 6 heteroatoms. The second-order valence-electron chi connectivity index (χ2n) is 5.62. The van der Waals surface area contributed by atoms with Crippen LogP contribution in [0.3, 0.4) is 0 Å². The Kier molecular flexibility index (Phi) is 5.12. The van der Waals surface area contributed by atoms with Crippen molar-refractivity contribution < 1.29 is 13.2 Å². The molecule has 0 N–H and O–H groups in total. The van der Waals surface area contributed by atoms with Gasteiger partial charge in [-0.05, 0) is 38.0 Å². The average Bonchev–Trinajstić information content (AvgIpc) is 2.38. The van der Waals surface area contributed by atoms with E-state index >= 15 is 0 Å². The van der Waals surface area contributed by atoms with E-state index in [-0.39, 0.29) is 11.7 Å². The molecule has 2 aliphatic heterocycles. The smallest absolute Gasteiger partial charge is 0.240 e. The molecule has 0 aromatic rings. The summed E-state index contributed by atoms with van der Waals surface area (Å²) in [7, 11) is -3.22. The number of likely N-dealkylation sites (tertiary alicyclic amines) is 1. The predicted octanol–water partition coefficient (Wildman–Crippen LogP) is 1.82. The summed E-state index contributed by atoms with van der Waals surface area (Å²) in [5.41, 5.74) is 0. The molecule has 2 unspecified atom stereocenters. The molecular formula is C13H22ClNO3S. The van der Waals surface area contributed by atoms with Crippen LogP contribution in [0.2, 0.25) is 0 Å². The molecule has 0 bridgehead atoms. The molecule has 0 aromatic carbocycles. The minimum absolute atomic E-state index is 0.168. The van der Waals surface area contributed by atoms with Gasteiger partial charge < -0.3 is 4.90 Å². The van der Waals surface area contributed by atoms with Crippen molar-refractivity contribution in [2.24, 2.45) is 5.92 Å².